The van der Waals surface area contributed by atoms with Crippen molar-refractivity contribution >= 4 is 17.1 Å². The van der Waals surface area contributed by atoms with E-state index in [9.17, 15) is 0 Å². The fourth-order valence-electron chi connectivity index (χ4n) is 3.44. The zero-order chi connectivity index (χ0) is 15.5. The standard InChI is InChI=1S/C19H24N4/c1-2-4-17(5-3-1)23-12-10-22(11-13-23)9-8-16-6-7-18-19(14-16)21-15-20-18/h1-7,14,20-21H,8-13,15H2. The highest BCUT2D eigenvalue weighted by atomic mass is 15.3. The Bertz CT molecular complexity index is 648. The van der Waals surface area contributed by atoms with Crippen molar-refractivity contribution < 1.29 is 0 Å². The molecule has 0 bridgehead atoms. The molecule has 120 valence electrons. The van der Waals surface area contributed by atoms with E-state index in [2.05, 4.69) is 69.0 Å². The van der Waals surface area contributed by atoms with Crippen LogP contribution in [-0.2, 0) is 6.42 Å². The van der Waals surface area contributed by atoms with Gasteiger partial charge in [0.25, 0.3) is 0 Å². The molecule has 4 rings (SSSR count). The first kappa shape index (κ1) is 14.4. The summed E-state index contributed by atoms with van der Waals surface area (Å²) in [5, 5.41) is 6.70. The Balaban J connectivity index is 1.28. The van der Waals surface area contributed by atoms with E-state index in [-0.39, 0.29) is 0 Å². The minimum absolute atomic E-state index is 0.847. The number of anilines is 3. The third-order valence-corrected chi connectivity index (χ3v) is 4.85. The monoisotopic (exact) mass is 308 g/mol. The van der Waals surface area contributed by atoms with Gasteiger partial charge in [-0.05, 0) is 36.2 Å². The Hall–Kier alpha value is -2.20. The Labute approximate surface area is 138 Å². The van der Waals surface area contributed by atoms with Crippen molar-refractivity contribution in [2.75, 3.05) is 54.9 Å². The Kier molecular flexibility index (Phi) is 4.07. The topological polar surface area (TPSA) is 30.5 Å². The molecule has 0 spiro atoms. The molecule has 2 aromatic carbocycles. The van der Waals surface area contributed by atoms with Crippen molar-refractivity contribution in [1.29, 1.82) is 0 Å². The molecule has 4 nitrogen and oxygen atoms in total. The van der Waals surface area contributed by atoms with Crippen LogP contribution in [0.4, 0.5) is 17.1 Å². The van der Waals surface area contributed by atoms with Crippen molar-refractivity contribution in [3.8, 4) is 0 Å². The van der Waals surface area contributed by atoms with Gasteiger partial charge in [0.2, 0.25) is 0 Å². The molecule has 0 aromatic heterocycles. The lowest BCUT2D eigenvalue weighted by Gasteiger charge is -2.36. The van der Waals surface area contributed by atoms with Crippen molar-refractivity contribution in [1.82, 2.24) is 4.90 Å². The average molecular weight is 308 g/mol. The van der Waals surface area contributed by atoms with E-state index in [1.165, 1.54) is 22.6 Å². The summed E-state index contributed by atoms with van der Waals surface area (Å²) in [5.41, 5.74) is 5.25. The number of rotatable bonds is 4. The molecule has 0 radical (unpaired) electrons. The first-order valence-corrected chi connectivity index (χ1v) is 8.51. The van der Waals surface area contributed by atoms with Gasteiger partial charge in [-0.1, -0.05) is 24.3 Å². The first-order chi connectivity index (χ1) is 11.4. The SMILES string of the molecule is c1ccc(N2CCN(CCc3ccc4c(c3)NCN4)CC2)cc1. The summed E-state index contributed by atoms with van der Waals surface area (Å²) in [5.74, 6) is 0. The highest BCUT2D eigenvalue weighted by molar-refractivity contribution is 5.73. The van der Waals surface area contributed by atoms with E-state index < -0.39 is 0 Å². The summed E-state index contributed by atoms with van der Waals surface area (Å²) in [6.45, 7) is 6.55. The van der Waals surface area contributed by atoms with Crippen molar-refractivity contribution in [3.63, 3.8) is 0 Å². The average Bonchev–Trinajstić information content (AvgIpc) is 3.09. The second kappa shape index (κ2) is 6.50. The van der Waals surface area contributed by atoms with Crippen LogP contribution >= 0.6 is 0 Å². The number of benzene rings is 2. The maximum absolute atomic E-state index is 3.37. The lowest BCUT2D eigenvalue weighted by atomic mass is 10.1. The molecular formula is C19H24N4. The highest BCUT2D eigenvalue weighted by Crippen LogP contribution is 2.27. The van der Waals surface area contributed by atoms with E-state index >= 15 is 0 Å². The number of nitrogens with one attached hydrogen (secondary N) is 2. The zero-order valence-corrected chi connectivity index (χ0v) is 13.5. The van der Waals surface area contributed by atoms with Gasteiger partial charge in [0.05, 0.1) is 18.0 Å². The van der Waals surface area contributed by atoms with Crippen LogP contribution in [0.25, 0.3) is 0 Å². The predicted octanol–water partition coefficient (Wildman–Crippen LogP) is 2.85. The largest absolute Gasteiger partial charge is 0.369 e. The molecule has 0 saturated carbocycles. The Morgan fingerprint density at radius 3 is 2.43 bits per heavy atom. The molecule has 1 saturated heterocycles. The van der Waals surface area contributed by atoms with Crippen molar-refractivity contribution in [2.24, 2.45) is 0 Å². The van der Waals surface area contributed by atoms with Crippen LogP contribution in [0.5, 0.6) is 0 Å². The number of hydrogen-bond donors (Lipinski definition) is 2. The summed E-state index contributed by atoms with van der Waals surface area (Å²) in [6, 6.07) is 17.5. The zero-order valence-electron chi connectivity index (χ0n) is 13.5. The molecule has 0 atom stereocenters. The van der Waals surface area contributed by atoms with Gasteiger partial charge in [-0.15, -0.1) is 0 Å². The van der Waals surface area contributed by atoms with Gasteiger partial charge in [-0.2, -0.15) is 0 Å². The van der Waals surface area contributed by atoms with Crippen molar-refractivity contribution in [2.45, 2.75) is 6.42 Å². The maximum Gasteiger partial charge on any atom is 0.0850 e. The van der Waals surface area contributed by atoms with Gasteiger partial charge in [-0.3, -0.25) is 4.90 Å². The first-order valence-electron chi connectivity index (χ1n) is 8.51. The summed E-state index contributed by atoms with van der Waals surface area (Å²) < 4.78 is 0. The molecule has 0 amide bonds. The fraction of sp³-hybridized carbons (Fsp3) is 0.368. The summed E-state index contributed by atoms with van der Waals surface area (Å²) in [7, 11) is 0. The van der Waals surface area contributed by atoms with Crippen LogP contribution in [0.3, 0.4) is 0 Å². The molecule has 0 unspecified atom stereocenters. The van der Waals surface area contributed by atoms with Crippen molar-refractivity contribution in [3.05, 3.63) is 54.1 Å². The third kappa shape index (κ3) is 3.27. The lowest BCUT2D eigenvalue weighted by Crippen LogP contribution is -2.46. The normalized spacial score (nSPS) is 17.5. The summed E-state index contributed by atoms with van der Waals surface area (Å²) in [4.78, 5) is 5.07. The van der Waals surface area contributed by atoms with E-state index in [4.69, 9.17) is 0 Å². The van der Waals surface area contributed by atoms with E-state index in [0.717, 1.165) is 45.8 Å². The van der Waals surface area contributed by atoms with Gasteiger partial charge in [0, 0.05) is 38.4 Å². The second-order valence-electron chi connectivity index (χ2n) is 6.32. The second-order valence-corrected chi connectivity index (χ2v) is 6.32. The minimum Gasteiger partial charge on any atom is -0.369 e. The minimum atomic E-state index is 0.847. The number of piperazine rings is 1. The van der Waals surface area contributed by atoms with E-state index in [1.807, 2.05) is 0 Å². The molecule has 1 fully saturated rings. The van der Waals surface area contributed by atoms with Crippen LogP contribution < -0.4 is 15.5 Å². The molecule has 4 heteroatoms. The summed E-state index contributed by atoms with van der Waals surface area (Å²) >= 11 is 0. The number of nitrogens with zero attached hydrogens (tertiary/aromatic N) is 2. The van der Waals surface area contributed by atoms with Crippen LogP contribution in [0.2, 0.25) is 0 Å². The van der Waals surface area contributed by atoms with Gasteiger partial charge in [0.1, 0.15) is 0 Å². The molecule has 2 heterocycles. The quantitative estimate of drug-likeness (QED) is 0.909. The smallest absolute Gasteiger partial charge is 0.0850 e. The van der Waals surface area contributed by atoms with Crippen LogP contribution in [0.15, 0.2) is 48.5 Å². The number of fused-ring (bicyclic) bond motifs is 1. The van der Waals surface area contributed by atoms with Crippen LogP contribution in [-0.4, -0.2) is 44.3 Å². The van der Waals surface area contributed by atoms with E-state index in [1.54, 1.807) is 0 Å². The molecule has 23 heavy (non-hydrogen) atoms. The maximum atomic E-state index is 3.37. The predicted molar refractivity (Wildman–Crippen MR) is 97.4 cm³/mol. The fourth-order valence-corrected chi connectivity index (χ4v) is 3.44. The van der Waals surface area contributed by atoms with Gasteiger partial charge < -0.3 is 15.5 Å². The van der Waals surface area contributed by atoms with Gasteiger partial charge >= 0.3 is 0 Å². The number of para-hydroxylation sites is 1. The lowest BCUT2D eigenvalue weighted by molar-refractivity contribution is 0.261. The summed E-state index contributed by atoms with van der Waals surface area (Å²) in [6.07, 6.45) is 1.13. The molecule has 2 aliphatic rings. The molecule has 2 N–H and O–H groups in total. The van der Waals surface area contributed by atoms with E-state index in [0.29, 0.717) is 0 Å². The molecule has 2 aliphatic heterocycles. The Morgan fingerprint density at radius 2 is 1.61 bits per heavy atom. The molecule has 2 aromatic rings. The van der Waals surface area contributed by atoms with Crippen LogP contribution in [0, 0.1) is 0 Å². The highest BCUT2D eigenvalue weighted by Gasteiger charge is 2.17. The van der Waals surface area contributed by atoms with Gasteiger partial charge in [0.15, 0.2) is 0 Å². The number of hydrogen-bond acceptors (Lipinski definition) is 4. The molecular weight excluding hydrogens is 284 g/mol. The molecule has 0 aliphatic carbocycles. The Morgan fingerprint density at radius 1 is 0.826 bits per heavy atom. The third-order valence-electron chi connectivity index (χ3n) is 4.85. The van der Waals surface area contributed by atoms with Gasteiger partial charge in [-0.25, -0.2) is 0 Å². The van der Waals surface area contributed by atoms with Crippen LogP contribution in [0.1, 0.15) is 5.56 Å².